The van der Waals surface area contributed by atoms with Crippen LogP contribution >= 0.6 is 23.2 Å². The Balaban J connectivity index is 1.87. The van der Waals surface area contributed by atoms with Gasteiger partial charge in [0, 0.05) is 16.1 Å². The Morgan fingerprint density at radius 3 is 2.52 bits per heavy atom. The monoisotopic (exact) mass is 432 g/mol. The molecular weight excluding hydrogens is 415 g/mol. The fraction of sp³-hybridized carbons (Fsp3) is 0.200. The number of ketones is 1. The number of hydrogen-bond donors (Lipinski definition) is 0. The zero-order chi connectivity index (χ0) is 21.0. The number of Topliss-reactive ketones (excluding diaryl/α,β-unsaturated/α-hetero) is 1. The van der Waals surface area contributed by atoms with Crippen molar-refractivity contribution in [3.05, 3.63) is 81.5 Å². The van der Waals surface area contributed by atoms with Gasteiger partial charge in [0.1, 0.15) is 18.4 Å². The molecule has 0 saturated heterocycles. The van der Waals surface area contributed by atoms with Crippen molar-refractivity contribution in [1.29, 1.82) is 0 Å². The number of benzene rings is 2. The predicted octanol–water partition coefficient (Wildman–Crippen LogP) is 4.38. The van der Waals surface area contributed by atoms with E-state index >= 15 is 0 Å². The lowest BCUT2D eigenvalue weighted by atomic mass is 10.1. The van der Waals surface area contributed by atoms with Crippen LogP contribution in [0.25, 0.3) is 0 Å². The number of ether oxygens (including phenoxy) is 1. The van der Waals surface area contributed by atoms with Crippen LogP contribution in [0, 0.1) is 5.21 Å². The number of aromatic nitrogens is 3. The molecule has 0 saturated carbocycles. The van der Waals surface area contributed by atoms with E-state index in [1.165, 1.54) is 35.7 Å². The van der Waals surface area contributed by atoms with Crippen LogP contribution in [0.4, 0.5) is 0 Å². The maximum Gasteiger partial charge on any atom is 0.256 e. The van der Waals surface area contributed by atoms with Crippen molar-refractivity contribution in [3.63, 3.8) is 0 Å². The average Bonchev–Trinajstić information content (AvgIpc) is 3.21. The van der Waals surface area contributed by atoms with Gasteiger partial charge in [0.15, 0.2) is 12.3 Å². The fourth-order valence-corrected chi connectivity index (χ4v) is 2.95. The molecule has 1 heterocycles. The lowest BCUT2D eigenvalue weighted by Gasteiger charge is -2.18. The normalized spacial score (nSPS) is 12.8. The van der Waals surface area contributed by atoms with E-state index in [0.29, 0.717) is 16.3 Å². The second-order valence-corrected chi connectivity index (χ2v) is 7.33. The third-order valence-corrected chi connectivity index (χ3v) is 4.56. The van der Waals surface area contributed by atoms with Gasteiger partial charge in [-0.3, -0.25) is 4.79 Å². The lowest BCUT2D eigenvalue weighted by molar-refractivity contribution is -0.487. The van der Waals surface area contributed by atoms with Crippen LogP contribution in [0.1, 0.15) is 36.0 Å². The van der Waals surface area contributed by atoms with Gasteiger partial charge < -0.3 is 9.94 Å². The second-order valence-electron chi connectivity index (χ2n) is 6.49. The van der Waals surface area contributed by atoms with Gasteiger partial charge in [-0.25, -0.2) is 14.4 Å². The summed E-state index contributed by atoms with van der Waals surface area (Å²) in [5, 5.41) is 16.4. The molecule has 9 heteroatoms. The van der Waals surface area contributed by atoms with Crippen molar-refractivity contribution in [3.8, 4) is 5.75 Å². The largest absolute Gasteiger partial charge is 0.624 e. The minimum absolute atomic E-state index is 0.163. The minimum Gasteiger partial charge on any atom is -0.624 e. The molecule has 2 aromatic carbocycles. The summed E-state index contributed by atoms with van der Waals surface area (Å²) in [6.45, 7) is 3.61. The van der Waals surface area contributed by atoms with Crippen LogP contribution in [0.2, 0.25) is 10.0 Å². The quantitative estimate of drug-likeness (QED) is 0.182. The van der Waals surface area contributed by atoms with E-state index in [0.717, 1.165) is 4.74 Å². The molecule has 1 unspecified atom stereocenters. The number of halogens is 2. The van der Waals surface area contributed by atoms with Crippen LogP contribution in [0.3, 0.4) is 0 Å². The maximum absolute atomic E-state index is 13.1. The van der Waals surface area contributed by atoms with E-state index in [1.54, 1.807) is 44.2 Å². The van der Waals surface area contributed by atoms with Gasteiger partial charge in [0.25, 0.3) is 6.23 Å². The van der Waals surface area contributed by atoms with Gasteiger partial charge >= 0.3 is 0 Å². The molecule has 0 bridgehead atoms. The van der Waals surface area contributed by atoms with E-state index < -0.39 is 12.0 Å². The van der Waals surface area contributed by atoms with E-state index in [4.69, 9.17) is 27.9 Å². The molecule has 0 spiro atoms. The smallest absolute Gasteiger partial charge is 0.256 e. The highest BCUT2D eigenvalue weighted by molar-refractivity contribution is 6.36. The molecule has 0 aliphatic rings. The molecule has 0 fully saturated rings. The van der Waals surface area contributed by atoms with Crippen molar-refractivity contribution < 1.29 is 14.3 Å². The number of carbonyl (C=O) groups is 1. The molecule has 150 valence electrons. The first-order chi connectivity index (χ1) is 13.8. The first kappa shape index (κ1) is 20.8. The highest BCUT2D eigenvalue weighted by Gasteiger charge is 2.26. The summed E-state index contributed by atoms with van der Waals surface area (Å²) in [4.78, 5) is 17.0. The van der Waals surface area contributed by atoms with Crippen molar-refractivity contribution in [2.45, 2.75) is 26.1 Å². The van der Waals surface area contributed by atoms with Gasteiger partial charge in [-0.15, -0.1) is 0 Å². The molecule has 0 N–H and O–H groups in total. The van der Waals surface area contributed by atoms with Crippen molar-refractivity contribution in [2.24, 2.45) is 0 Å². The molecule has 0 amide bonds. The Kier molecular flexibility index (Phi) is 6.51. The number of hydroxylamine groups is 1. The van der Waals surface area contributed by atoms with E-state index in [1.807, 2.05) is 0 Å². The molecule has 1 aromatic heterocycles. The number of nitrogens with zero attached hydrogens (tertiary/aromatic N) is 4. The number of rotatable bonds is 7. The zero-order valence-electron chi connectivity index (χ0n) is 15.7. The molecule has 29 heavy (non-hydrogen) atoms. The van der Waals surface area contributed by atoms with Crippen LogP contribution in [0.5, 0.6) is 5.75 Å². The molecule has 0 aliphatic carbocycles. The Labute approximate surface area is 177 Å². The van der Waals surface area contributed by atoms with Crippen molar-refractivity contribution >= 4 is 35.2 Å². The van der Waals surface area contributed by atoms with E-state index in [-0.39, 0.29) is 16.6 Å². The van der Waals surface area contributed by atoms with Crippen molar-refractivity contribution in [2.75, 3.05) is 0 Å². The third-order valence-electron chi connectivity index (χ3n) is 4.01. The van der Waals surface area contributed by atoms with Gasteiger partial charge in [-0.05, 0) is 56.3 Å². The van der Waals surface area contributed by atoms with Crippen LogP contribution in [-0.2, 0) is 0 Å². The second kappa shape index (κ2) is 9.07. The first-order valence-electron chi connectivity index (χ1n) is 8.75. The Bertz CT molecular complexity index is 1020. The zero-order valence-corrected chi connectivity index (χ0v) is 17.2. The predicted molar refractivity (Wildman–Crippen MR) is 111 cm³/mol. The molecule has 3 aromatic rings. The number of carbonyl (C=O) groups excluding carboxylic acids is 1. The lowest BCUT2D eigenvalue weighted by Crippen LogP contribution is -2.26. The molecule has 1 atom stereocenters. The summed E-state index contributed by atoms with van der Waals surface area (Å²) in [7, 11) is 0. The summed E-state index contributed by atoms with van der Waals surface area (Å²) in [6, 6.07) is 11.2. The molecular formula is C20H18Cl2N4O3. The maximum atomic E-state index is 13.1. The van der Waals surface area contributed by atoms with E-state index in [9.17, 15) is 10.0 Å². The van der Waals surface area contributed by atoms with Gasteiger partial charge in [0.05, 0.1) is 5.02 Å². The summed E-state index contributed by atoms with van der Waals surface area (Å²) >= 11 is 12.1. The van der Waals surface area contributed by atoms with Gasteiger partial charge in [-0.1, -0.05) is 23.2 Å². The Morgan fingerprint density at radius 1 is 1.21 bits per heavy atom. The fourth-order valence-electron chi connectivity index (χ4n) is 2.45. The van der Waals surface area contributed by atoms with Crippen LogP contribution < -0.4 is 4.74 Å². The molecule has 7 nitrogen and oxygen atoms in total. The van der Waals surface area contributed by atoms with Crippen LogP contribution in [0.15, 0.2) is 55.1 Å². The number of hydrogen-bond acceptors (Lipinski definition) is 5. The molecule has 0 aliphatic heterocycles. The standard InChI is InChI=1S/C20H18Cl2N4O3/c1-13(2)26(28)10-14-3-6-16(7-4-14)29-20(25-12-23-11-24-25)19(27)17-8-5-15(21)9-18(17)22/h3-13,20H,1-2H3. The van der Waals surface area contributed by atoms with Crippen molar-refractivity contribution in [1.82, 2.24) is 14.8 Å². The first-order valence-corrected chi connectivity index (χ1v) is 9.51. The minimum atomic E-state index is -1.11. The highest BCUT2D eigenvalue weighted by atomic mass is 35.5. The topological polar surface area (TPSA) is 83.1 Å². The highest BCUT2D eigenvalue weighted by Crippen LogP contribution is 2.26. The summed E-state index contributed by atoms with van der Waals surface area (Å²) in [5.74, 6) is 0.0152. The molecule has 3 rings (SSSR count). The Hall–Kier alpha value is -2.90. The molecule has 0 radical (unpaired) electrons. The summed E-state index contributed by atoms with van der Waals surface area (Å²) < 4.78 is 8.04. The summed E-state index contributed by atoms with van der Waals surface area (Å²) in [6.07, 6.45) is 3.06. The third kappa shape index (κ3) is 5.13. The average molecular weight is 433 g/mol. The van der Waals surface area contributed by atoms with E-state index in [2.05, 4.69) is 10.1 Å². The SMILES string of the molecule is CC(C)[N+]([O-])=Cc1ccc(OC(C(=O)c2ccc(Cl)cc2Cl)n2cncn2)cc1. The Morgan fingerprint density at radius 2 is 1.93 bits per heavy atom. The van der Waals surface area contributed by atoms with Gasteiger partial charge in [0.2, 0.25) is 5.78 Å². The van der Waals surface area contributed by atoms with Crippen LogP contribution in [-0.4, -0.2) is 37.5 Å². The van der Waals surface area contributed by atoms with Gasteiger partial charge in [-0.2, -0.15) is 5.10 Å². The summed E-state index contributed by atoms with van der Waals surface area (Å²) in [5.41, 5.74) is 0.964.